The molecule has 3 saturated carbocycles. The van der Waals surface area contributed by atoms with E-state index in [-0.39, 0.29) is 22.3 Å². The Morgan fingerprint density at radius 3 is 0.171 bits per heavy atom. The van der Waals surface area contributed by atoms with E-state index in [4.69, 9.17) is 0 Å². The summed E-state index contributed by atoms with van der Waals surface area (Å²) in [7, 11) is 0. The predicted octanol–water partition coefficient (Wildman–Crippen LogP) is 19.2. The van der Waals surface area contributed by atoms with Gasteiger partial charge in [0.25, 0.3) is 0 Å². The maximum atomic E-state index is 2.00. The fourth-order valence-electron chi connectivity index (χ4n) is 3.18. The fourth-order valence-corrected chi connectivity index (χ4v) is 3.18. The molecule has 272 valence electrons. The average Bonchev–Trinajstić information content (AvgIpc) is 3.13. The monoisotopic (exact) mass is 601 g/mol. The van der Waals surface area contributed by atoms with Crippen LogP contribution in [0.4, 0.5) is 0 Å². The first-order valence-corrected chi connectivity index (χ1v) is 19.0. The Balaban J connectivity index is -0.0000000196. The molecule has 0 heteroatoms. The van der Waals surface area contributed by atoms with E-state index in [0.717, 1.165) is 0 Å². The summed E-state index contributed by atoms with van der Waals surface area (Å²) in [6.07, 6.45) is 27.0. The van der Waals surface area contributed by atoms with Gasteiger partial charge in [0.1, 0.15) is 0 Å². The minimum Gasteiger partial charge on any atom is -0.0776 e. The lowest BCUT2D eigenvalue weighted by molar-refractivity contribution is 0.504. The van der Waals surface area contributed by atoms with E-state index in [1.165, 1.54) is 116 Å². The van der Waals surface area contributed by atoms with Crippen LogP contribution < -0.4 is 0 Å². The lowest BCUT2D eigenvalue weighted by atomic mass is 10.0. The van der Waals surface area contributed by atoms with Gasteiger partial charge in [-0.25, -0.2) is 0 Å². The van der Waals surface area contributed by atoms with E-state index in [2.05, 4.69) is 0 Å². The first-order chi connectivity index (χ1) is 19.0. The van der Waals surface area contributed by atoms with Crippen LogP contribution in [0.15, 0.2) is 0 Å². The minimum absolute atomic E-state index is 0. The van der Waals surface area contributed by atoms with Crippen molar-refractivity contribution in [3.05, 3.63) is 0 Å². The normalized spacial score (nSPS) is 12.0. The van der Waals surface area contributed by atoms with Gasteiger partial charge in [-0.05, 0) is 0 Å². The Hall–Kier alpha value is 0. The van der Waals surface area contributed by atoms with Crippen molar-refractivity contribution >= 4 is 0 Å². The van der Waals surface area contributed by atoms with Crippen molar-refractivity contribution in [1.82, 2.24) is 0 Å². The smallest absolute Gasteiger partial charge is 0.0533 e. The highest BCUT2D eigenvalue weighted by atomic mass is 14.0. The van der Waals surface area contributed by atoms with Crippen LogP contribution in [0.1, 0.15) is 276 Å². The van der Waals surface area contributed by atoms with E-state index >= 15 is 0 Å². The Morgan fingerprint density at radius 2 is 0.146 bits per heavy atom. The van der Waals surface area contributed by atoms with E-state index in [1.54, 1.807) is 0 Å². The zero-order valence-corrected chi connectivity index (χ0v) is 32.7. The molecule has 0 N–H and O–H groups in total. The van der Waals surface area contributed by atoms with Gasteiger partial charge in [0.15, 0.2) is 0 Å². The maximum absolute atomic E-state index is 2.00. The Labute approximate surface area is 275 Å². The van der Waals surface area contributed by atoms with Crippen LogP contribution in [-0.4, -0.2) is 0 Å². The second kappa shape index (κ2) is 188. The molecule has 0 radical (unpaired) electrons. The van der Waals surface area contributed by atoms with Crippen LogP contribution in [0.2, 0.25) is 0 Å². The average molecular weight is 601 g/mol. The molecule has 3 aliphatic carbocycles. The summed E-state index contributed by atoms with van der Waals surface area (Å²) in [6.45, 7) is 40.0. The zero-order valence-electron chi connectivity index (χ0n) is 32.7. The van der Waals surface area contributed by atoms with Gasteiger partial charge in [0.05, 0.1) is 0 Å². The molecule has 0 aliphatic heterocycles. The van der Waals surface area contributed by atoms with Crippen molar-refractivity contribution in [2.45, 2.75) is 276 Å². The van der Waals surface area contributed by atoms with Crippen LogP contribution in [0, 0.1) is 0 Å². The minimum atomic E-state index is 0. The van der Waals surface area contributed by atoms with Gasteiger partial charge in [0.2, 0.25) is 0 Å². The highest BCUT2D eigenvalue weighted by Crippen LogP contribution is 2.16. The second-order valence-corrected chi connectivity index (χ2v) is 6.36. The van der Waals surface area contributed by atoms with Gasteiger partial charge in [0, 0.05) is 0 Å². The molecule has 0 bridgehead atoms. The van der Waals surface area contributed by atoms with E-state index < -0.39 is 0 Å². The van der Waals surface area contributed by atoms with Crippen LogP contribution in [0.25, 0.3) is 0 Å². The van der Waals surface area contributed by atoms with Gasteiger partial charge in [-0.2, -0.15) is 0 Å². The van der Waals surface area contributed by atoms with Crippen molar-refractivity contribution in [2.75, 3.05) is 0 Å². The van der Waals surface area contributed by atoms with E-state index in [1.807, 2.05) is 138 Å². The summed E-state index contributed by atoms with van der Waals surface area (Å²) in [5, 5.41) is 0. The standard InChI is InChI=1S/3C6H12.10C2H6.3CH4/c3*1-2-4-6-5-3-1;10*1-2;;;/h3*1-6H2;10*1-2H3;3*1H4. The third kappa shape index (κ3) is 178. The van der Waals surface area contributed by atoms with Crippen LogP contribution in [-0.2, 0) is 0 Å². The van der Waals surface area contributed by atoms with Gasteiger partial charge in [-0.3, -0.25) is 0 Å². The highest BCUT2D eigenvalue weighted by Gasteiger charge is 1.96. The van der Waals surface area contributed by atoms with Crippen molar-refractivity contribution < 1.29 is 0 Å². The Morgan fingerprint density at radius 1 is 0.122 bits per heavy atom. The summed E-state index contributed by atoms with van der Waals surface area (Å²) in [5.41, 5.74) is 0. The molecule has 0 atom stereocenters. The lowest BCUT2D eigenvalue weighted by Crippen LogP contribution is -1.85. The second-order valence-electron chi connectivity index (χ2n) is 6.36. The molecule has 3 rings (SSSR count). The quantitative estimate of drug-likeness (QED) is 0.259. The summed E-state index contributed by atoms with van der Waals surface area (Å²) < 4.78 is 0. The maximum Gasteiger partial charge on any atom is -0.0533 e. The number of hydrogen-bond acceptors (Lipinski definition) is 0. The molecular formula is C41H108. The summed E-state index contributed by atoms with van der Waals surface area (Å²) in [5.74, 6) is 0. The first kappa shape index (κ1) is 83.7. The van der Waals surface area contributed by atoms with Crippen molar-refractivity contribution in [3.8, 4) is 0 Å². The molecule has 3 fully saturated rings. The fraction of sp³-hybridized carbons (Fsp3) is 1.00. The van der Waals surface area contributed by atoms with Gasteiger partial charge < -0.3 is 0 Å². The van der Waals surface area contributed by atoms with Crippen molar-refractivity contribution in [2.24, 2.45) is 0 Å². The molecular weight excluding hydrogens is 492 g/mol. The molecule has 0 spiro atoms. The zero-order chi connectivity index (χ0) is 32.7. The van der Waals surface area contributed by atoms with E-state index in [9.17, 15) is 0 Å². The third-order valence-corrected chi connectivity index (χ3v) is 4.50. The molecule has 0 aromatic carbocycles. The predicted molar refractivity (Wildman–Crippen MR) is 217 cm³/mol. The largest absolute Gasteiger partial charge is 0.0776 e. The van der Waals surface area contributed by atoms with E-state index in [0.29, 0.717) is 0 Å². The number of rotatable bonds is 0. The van der Waals surface area contributed by atoms with Crippen molar-refractivity contribution in [3.63, 3.8) is 0 Å². The summed E-state index contributed by atoms with van der Waals surface area (Å²) >= 11 is 0. The highest BCUT2D eigenvalue weighted by molar-refractivity contribution is 4.52. The molecule has 41 heavy (non-hydrogen) atoms. The topological polar surface area (TPSA) is 0 Å². The Kier molecular flexibility index (Phi) is 383. The molecule has 0 heterocycles. The molecule has 0 amide bonds. The molecule has 3 aliphatic rings. The summed E-state index contributed by atoms with van der Waals surface area (Å²) in [4.78, 5) is 0. The first-order valence-electron chi connectivity index (χ1n) is 19.0. The molecule has 0 aromatic rings. The van der Waals surface area contributed by atoms with Gasteiger partial charge in [-0.15, -0.1) is 0 Å². The molecule has 0 aromatic heterocycles. The Bertz CT molecular complexity index is 75.1. The van der Waals surface area contributed by atoms with Crippen LogP contribution in [0.3, 0.4) is 0 Å². The SMILES string of the molecule is C.C.C.C1CCCCC1.C1CCCCC1.C1CCCCC1.CC.CC.CC.CC.CC.CC.CC.CC.CC.CC. The molecule has 0 unspecified atom stereocenters. The summed E-state index contributed by atoms with van der Waals surface area (Å²) in [6, 6.07) is 0. The van der Waals surface area contributed by atoms with Crippen LogP contribution >= 0.6 is 0 Å². The lowest BCUT2D eigenvalue weighted by Gasteiger charge is -2.05. The third-order valence-electron chi connectivity index (χ3n) is 4.50. The number of hydrogen-bond donors (Lipinski definition) is 0. The molecule has 0 saturated heterocycles. The van der Waals surface area contributed by atoms with Crippen molar-refractivity contribution in [1.29, 1.82) is 0 Å². The van der Waals surface area contributed by atoms with Gasteiger partial charge in [-0.1, -0.05) is 276 Å². The molecule has 0 nitrogen and oxygen atoms in total. The van der Waals surface area contributed by atoms with Gasteiger partial charge >= 0.3 is 0 Å². The van der Waals surface area contributed by atoms with Crippen LogP contribution in [0.5, 0.6) is 0 Å².